The average Bonchev–Trinajstić information content (AvgIpc) is 2.41. The molecule has 0 radical (unpaired) electrons. The number of morpholine rings is 1. The van der Waals surface area contributed by atoms with Crippen LogP contribution < -0.4 is 5.32 Å². The fourth-order valence-electron chi connectivity index (χ4n) is 3.27. The number of rotatable bonds is 4. The van der Waals surface area contributed by atoms with Crippen molar-refractivity contribution in [1.29, 1.82) is 0 Å². The Kier molecular flexibility index (Phi) is 4.84. The van der Waals surface area contributed by atoms with E-state index in [9.17, 15) is 0 Å². The van der Waals surface area contributed by atoms with Crippen molar-refractivity contribution in [3.8, 4) is 0 Å². The predicted molar refractivity (Wildman–Crippen MR) is 84.0 cm³/mol. The van der Waals surface area contributed by atoms with Crippen molar-refractivity contribution in [1.82, 2.24) is 10.2 Å². The molecule has 2 unspecified atom stereocenters. The molecule has 0 aromatic heterocycles. The summed E-state index contributed by atoms with van der Waals surface area (Å²) in [4.78, 5) is 2.57. The molecular formula is C17H28N2O. The fourth-order valence-corrected chi connectivity index (χ4v) is 3.27. The van der Waals surface area contributed by atoms with Crippen molar-refractivity contribution in [3.63, 3.8) is 0 Å². The lowest BCUT2D eigenvalue weighted by Crippen LogP contribution is -2.58. The second kappa shape index (κ2) is 6.25. The lowest BCUT2D eigenvalue weighted by Gasteiger charge is -2.47. The van der Waals surface area contributed by atoms with Gasteiger partial charge >= 0.3 is 0 Å². The zero-order chi connectivity index (χ0) is 14.8. The Labute approximate surface area is 123 Å². The molecule has 0 bridgehead atoms. The van der Waals surface area contributed by atoms with Crippen LogP contribution in [0.4, 0.5) is 0 Å². The van der Waals surface area contributed by atoms with Gasteiger partial charge in [-0.05, 0) is 40.3 Å². The Balaban J connectivity index is 2.20. The SMILES string of the molecule is CNC(c1ccc(C)cc1)C(C)N1CCOCC1(C)C. The molecule has 20 heavy (non-hydrogen) atoms. The van der Waals surface area contributed by atoms with Gasteiger partial charge in [-0.2, -0.15) is 0 Å². The third-order valence-electron chi connectivity index (χ3n) is 4.43. The third-order valence-corrected chi connectivity index (χ3v) is 4.43. The van der Waals surface area contributed by atoms with Crippen LogP contribution in [-0.2, 0) is 4.74 Å². The fraction of sp³-hybridized carbons (Fsp3) is 0.647. The first kappa shape index (κ1) is 15.5. The molecule has 1 aromatic rings. The van der Waals surface area contributed by atoms with E-state index in [1.165, 1.54) is 11.1 Å². The van der Waals surface area contributed by atoms with E-state index >= 15 is 0 Å². The van der Waals surface area contributed by atoms with Gasteiger partial charge in [0.15, 0.2) is 0 Å². The van der Waals surface area contributed by atoms with Gasteiger partial charge in [-0.1, -0.05) is 29.8 Å². The summed E-state index contributed by atoms with van der Waals surface area (Å²) in [5.41, 5.74) is 2.76. The van der Waals surface area contributed by atoms with Crippen molar-refractivity contribution in [2.45, 2.75) is 45.3 Å². The van der Waals surface area contributed by atoms with E-state index in [4.69, 9.17) is 4.74 Å². The van der Waals surface area contributed by atoms with E-state index < -0.39 is 0 Å². The van der Waals surface area contributed by atoms with Crippen LogP contribution in [0.3, 0.4) is 0 Å². The molecule has 0 aliphatic carbocycles. The molecule has 1 heterocycles. The van der Waals surface area contributed by atoms with E-state index in [1.807, 2.05) is 0 Å². The first-order valence-electron chi connectivity index (χ1n) is 7.54. The average molecular weight is 276 g/mol. The highest BCUT2D eigenvalue weighted by Gasteiger charge is 2.36. The molecule has 1 saturated heterocycles. The molecule has 0 saturated carbocycles. The van der Waals surface area contributed by atoms with Crippen molar-refractivity contribution < 1.29 is 4.74 Å². The largest absolute Gasteiger partial charge is 0.378 e. The smallest absolute Gasteiger partial charge is 0.0645 e. The van der Waals surface area contributed by atoms with Gasteiger partial charge in [0.2, 0.25) is 0 Å². The molecule has 112 valence electrons. The normalized spacial score (nSPS) is 22.4. The van der Waals surface area contributed by atoms with Gasteiger partial charge in [0, 0.05) is 24.2 Å². The third kappa shape index (κ3) is 3.22. The minimum Gasteiger partial charge on any atom is -0.378 e. The highest BCUT2D eigenvalue weighted by Crippen LogP contribution is 2.28. The van der Waals surface area contributed by atoms with Gasteiger partial charge in [-0.15, -0.1) is 0 Å². The monoisotopic (exact) mass is 276 g/mol. The summed E-state index contributed by atoms with van der Waals surface area (Å²) in [5, 5.41) is 3.49. The van der Waals surface area contributed by atoms with Crippen molar-refractivity contribution in [2.24, 2.45) is 0 Å². The lowest BCUT2D eigenvalue weighted by atomic mass is 9.93. The van der Waals surface area contributed by atoms with E-state index in [1.54, 1.807) is 0 Å². The summed E-state index contributed by atoms with van der Waals surface area (Å²) >= 11 is 0. The number of hydrogen-bond donors (Lipinski definition) is 1. The summed E-state index contributed by atoms with van der Waals surface area (Å²) < 4.78 is 5.64. The Hall–Kier alpha value is -0.900. The van der Waals surface area contributed by atoms with E-state index in [2.05, 4.69) is 69.2 Å². The Morgan fingerprint density at radius 1 is 1.25 bits per heavy atom. The van der Waals surface area contributed by atoms with Gasteiger partial charge in [0.1, 0.15) is 0 Å². The van der Waals surface area contributed by atoms with E-state index in [0.29, 0.717) is 12.1 Å². The Morgan fingerprint density at radius 2 is 1.90 bits per heavy atom. The molecule has 1 aromatic carbocycles. The number of likely N-dealkylation sites (N-methyl/N-ethyl adjacent to an activating group) is 1. The molecule has 3 heteroatoms. The highest BCUT2D eigenvalue weighted by molar-refractivity contribution is 5.25. The lowest BCUT2D eigenvalue weighted by molar-refractivity contribution is -0.0747. The van der Waals surface area contributed by atoms with Gasteiger partial charge in [0.25, 0.3) is 0 Å². The summed E-state index contributed by atoms with van der Waals surface area (Å²) in [5.74, 6) is 0. The maximum atomic E-state index is 5.64. The first-order chi connectivity index (χ1) is 9.45. The maximum absolute atomic E-state index is 5.64. The molecule has 2 atom stereocenters. The predicted octanol–water partition coefficient (Wildman–Crippen LogP) is 2.75. The molecular weight excluding hydrogens is 248 g/mol. The minimum atomic E-state index is 0.0947. The Morgan fingerprint density at radius 3 is 2.45 bits per heavy atom. The second-order valence-corrected chi connectivity index (χ2v) is 6.48. The number of ether oxygens (including phenoxy) is 1. The van der Waals surface area contributed by atoms with Gasteiger partial charge in [-0.3, -0.25) is 4.90 Å². The van der Waals surface area contributed by atoms with Gasteiger partial charge < -0.3 is 10.1 Å². The molecule has 0 spiro atoms. The van der Waals surface area contributed by atoms with Crippen LogP contribution in [0.15, 0.2) is 24.3 Å². The zero-order valence-corrected chi connectivity index (χ0v) is 13.4. The van der Waals surface area contributed by atoms with Crippen LogP contribution in [0.1, 0.15) is 37.9 Å². The maximum Gasteiger partial charge on any atom is 0.0645 e. The molecule has 3 nitrogen and oxygen atoms in total. The molecule has 0 amide bonds. The van der Waals surface area contributed by atoms with Gasteiger partial charge in [-0.25, -0.2) is 0 Å². The first-order valence-corrected chi connectivity index (χ1v) is 7.54. The van der Waals surface area contributed by atoms with E-state index in [-0.39, 0.29) is 5.54 Å². The molecule has 2 rings (SSSR count). The molecule has 1 N–H and O–H groups in total. The summed E-state index contributed by atoms with van der Waals surface area (Å²) in [6.45, 7) is 11.6. The number of nitrogens with one attached hydrogen (secondary N) is 1. The Bertz CT molecular complexity index is 427. The number of benzene rings is 1. The van der Waals surface area contributed by atoms with Crippen LogP contribution in [0.5, 0.6) is 0 Å². The molecule has 1 aliphatic rings. The van der Waals surface area contributed by atoms with Crippen LogP contribution >= 0.6 is 0 Å². The second-order valence-electron chi connectivity index (χ2n) is 6.48. The molecule has 1 aliphatic heterocycles. The van der Waals surface area contributed by atoms with Crippen molar-refractivity contribution in [3.05, 3.63) is 35.4 Å². The topological polar surface area (TPSA) is 24.5 Å². The summed E-state index contributed by atoms with van der Waals surface area (Å²) in [6, 6.07) is 9.63. The number of nitrogens with zero attached hydrogens (tertiary/aromatic N) is 1. The zero-order valence-electron chi connectivity index (χ0n) is 13.4. The standard InChI is InChI=1S/C17H28N2O/c1-13-6-8-15(9-7-13)16(18-5)14(2)19-10-11-20-12-17(19,3)4/h6-9,14,16,18H,10-12H2,1-5H3. The number of hydrogen-bond acceptors (Lipinski definition) is 3. The van der Waals surface area contributed by atoms with Crippen molar-refractivity contribution in [2.75, 3.05) is 26.8 Å². The van der Waals surface area contributed by atoms with Crippen LogP contribution in [0.2, 0.25) is 0 Å². The molecule has 1 fully saturated rings. The van der Waals surface area contributed by atoms with Crippen LogP contribution in [0.25, 0.3) is 0 Å². The minimum absolute atomic E-state index is 0.0947. The number of aryl methyl sites for hydroxylation is 1. The summed E-state index contributed by atoms with van der Waals surface area (Å²) in [7, 11) is 2.05. The quantitative estimate of drug-likeness (QED) is 0.915. The highest BCUT2D eigenvalue weighted by atomic mass is 16.5. The van der Waals surface area contributed by atoms with Crippen LogP contribution in [0, 0.1) is 6.92 Å². The summed E-state index contributed by atoms with van der Waals surface area (Å²) in [6.07, 6.45) is 0. The van der Waals surface area contributed by atoms with Crippen molar-refractivity contribution >= 4 is 0 Å². The van der Waals surface area contributed by atoms with Crippen LogP contribution in [-0.4, -0.2) is 43.3 Å². The van der Waals surface area contributed by atoms with Gasteiger partial charge in [0.05, 0.1) is 13.2 Å². The van der Waals surface area contributed by atoms with E-state index in [0.717, 1.165) is 19.8 Å².